The zero-order valence-corrected chi connectivity index (χ0v) is 16.5. The molecule has 27 heavy (non-hydrogen) atoms. The fourth-order valence-corrected chi connectivity index (χ4v) is 2.83. The predicted molar refractivity (Wildman–Crippen MR) is 106 cm³/mol. The van der Waals surface area contributed by atoms with Crippen LogP contribution in [-0.2, 0) is 16.0 Å². The molecule has 0 heterocycles. The van der Waals surface area contributed by atoms with E-state index in [2.05, 4.69) is 16.0 Å². The van der Waals surface area contributed by atoms with Gasteiger partial charge >= 0.3 is 6.03 Å². The van der Waals surface area contributed by atoms with Crippen LogP contribution in [0.15, 0.2) is 30.3 Å². The summed E-state index contributed by atoms with van der Waals surface area (Å²) in [5.41, 5.74) is 6.09. The van der Waals surface area contributed by atoms with E-state index < -0.39 is 18.1 Å². The number of hydrogen-bond acceptors (Lipinski definition) is 4. The summed E-state index contributed by atoms with van der Waals surface area (Å²) in [5.74, 6) is -0.215. The van der Waals surface area contributed by atoms with Crippen molar-refractivity contribution >= 4 is 17.7 Å². The second kappa shape index (κ2) is 12.1. The first-order chi connectivity index (χ1) is 12.8. The number of carbonyl (C=O) groups excluding carboxylic acids is 3. The number of nitrogens with two attached hydrogens (primary N) is 1. The first kappa shape index (κ1) is 22.6. The lowest BCUT2D eigenvalue weighted by Gasteiger charge is -2.24. The molecule has 0 aromatic heterocycles. The second-order valence-electron chi connectivity index (χ2n) is 6.88. The van der Waals surface area contributed by atoms with Crippen LogP contribution in [0.2, 0.25) is 0 Å². The van der Waals surface area contributed by atoms with Crippen LogP contribution in [0.4, 0.5) is 4.79 Å². The highest BCUT2D eigenvalue weighted by Gasteiger charge is 2.25. The summed E-state index contributed by atoms with van der Waals surface area (Å²) in [6, 6.07) is 8.31. The van der Waals surface area contributed by atoms with E-state index in [1.807, 2.05) is 44.2 Å². The monoisotopic (exact) mass is 376 g/mol. The van der Waals surface area contributed by atoms with Gasteiger partial charge in [0, 0.05) is 19.0 Å². The van der Waals surface area contributed by atoms with E-state index in [0.29, 0.717) is 32.2 Å². The van der Waals surface area contributed by atoms with E-state index >= 15 is 0 Å². The summed E-state index contributed by atoms with van der Waals surface area (Å²) in [5, 5.41) is 8.66. The maximum Gasteiger partial charge on any atom is 0.312 e. The van der Waals surface area contributed by atoms with Crippen molar-refractivity contribution in [2.24, 2.45) is 5.73 Å². The summed E-state index contributed by atoms with van der Waals surface area (Å²) in [7, 11) is 0. The molecular formula is C20H32N4O3. The molecule has 150 valence electrons. The van der Waals surface area contributed by atoms with Crippen molar-refractivity contribution in [3.05, 3.63) is 35.9 Å². The highest BCUT2D eigenvalue weighted by Crippen LogP contribution is 2.07. The molecule has 0 radical (unpaired) electrons. The average molecular weight is 377 g/mol. The number of nitrogens with one attached hydrogen (secondary N) is 3. The zero-order valence-electron chi connectivity index (χ0n) is 16.5. The van der Waals surface area contributed by atoms with Gasteiger partial charge in [-0.25, -0.2) is 4.79 Å². The van der Waals surface area contributed by atoms with E-state index in [1.165, 1.54) is 0 Å². The molecule has 7 nitrogen and oxygen atoms in total. The minimum atomic E-state index is -0.596. The number of benzene rings is 1. The van der Waals surface area contributed by atoms with Crippen LogP contribution in [0.5, 0.6) is 0 Å². The largest absolute Gasteiger partial charge is 0.352 e. The molecule has 5 N–H and O–H groups in total. The minimum absolute atomic E-state index is 0.0227. The Labute approximate surface area is 161 Å². The van der Waals surface area contributed by atoms with Gasteiger partial charge in [-0.15, -0.1) is 0 Å². The van der Waals surface area contributed by atoms with Crippen LogP contribution in [-0.4, -0.2) is 42.4 Å². The van der Waals surface area contributed by atoms with E-state index in [1.54, 1.807) is 6.92 Å². The van der Waals surface area contributed by atoms with E-state index in [9.17, 15) is 14.4 Å². The van der Waals surface area contributed by atoms with Crippen LogP contribution < -0.4 is 21.7 Å². The Morgan fingerprint density at radius 2 is 1.74 bits per heavy atom. The molecule has 0 bridgehead atoms. The van der Waals surface area contributed by atoms with Gasteiger partial charge in [0.2, 0.25) is 5.91 Å². The third-order valence-electron chi connectivity index (χ3n) is 4.16. The van der Waals surface area contributed by atoms with E-state index in [-0.39, 0.29) is 17.7 Å². The first-order valence-corrected chi connectivity index (χ1v) is 9.49. The summed E-state index contributed by atoms with van der Waals surface area (Å²) < 4.78 is 0. The number of amides is 3. The topological polar surface area (TPSA) is 113 Å². The number of primary amides is 1. The third-order valence-corrected chi connectivity index (χ3v) is 4.16. The third kappa shape index (κ3) is 9.19. The van der Waals surface area contributed by atoms with Crippen LogP contribution in [0.3, 0.4) is 0 Å². The Morgan fingerprint density at radius 1 is 1.07 bits per heavy atom. The van der Waals surface area contributed by atoms with Crippen LogP contribution in [0.1, 0.15) is 45.6 Å². The molecule has 1 aromatic carbocycles. The molecule has 0 aliphatic carbocycles. The fraction of sp³-hybridized carbons (Fsp3) is 0.550. The maximum atomic E-state index is 12.8. The first-order valence-electron chi connectivity index (χ1n) is 9.49. The van der Waals surface area contributed by atoms with Gasteiger partial charge in [0.15, 0.2) is 5.78 Å². The maximum absolute atomic E-state index is 12.8. The van der Waals surface area contributed by atoms with Crippen molar-refractivity contribution in [1.29, 1.82) is 0 Å². The fourth-order valence-electron chi connectivity index (χ4n) is 2.83. The summed E-state index contributed by atoms with van der Waals surface area (Å²) in [6.07, 6.45) is 1.90. The molecule has 0 saturated heterocycles. The number of carbonyl (C=O) groups is 3. The van der Waals surface area contributed by atoms with Crippen LogP contribution in [0.25, 0.3) is 0 Å². The van der Waals surface area contributed by atoms with Gasteiger partial charge < -0.3 is 21.7 Å². The van der Waals surface area contributed by atoms with Gasteiger partial charge in [-0.05, 0) is 24.8 Å². The molecule has 2 atom stereocenters. The lowest BCUT2D eigenvalue weighted by atomic mass is 10.0. The smallest absolute Gasteiger partial charge is 0.312 e. The molecule has 0 spiro atoms. The zero-order chi connectivity index (χ0) is 20.2. The number of rotatable bonds is 12. The Hall–Kier alpha value is -2.41. The molecule has 1 aromatic rings. The van der Waals surface area contributed by atoms with Gasteiger partial charge in [-0.1, -0.05) is 51.1 Å². The molecule has 1 rings (SSSR count). The highest BCUT2D eigenvalue weighted by molar-refractivity contribution is 5.90. The Morgan fingerprint density at radius 3 is 2.30 bits per heavy atom. The minimum Gasteiger partial charge on any atom is -0.352 e. The van der Waals surface area contributed by atoms with Crippen molar-refractivity contribution in [3.8, 4) is 0 Å². The van der Waals surface area contributed by atoms with Crippen molar-refractivity contribution in [3.63, 3.8) is 0 Å². The van der Waals surface area contributed by atoms with Gasteiger partial charge in [0.05, 0.1) is 12.1 Å². The molecule has 3 amide bonds. The van der Waals surface area contributed by atoms with Crippen molar-refractivity contribution < 1.29 is 14.4 Å². The quantitative estimate of drug-likeness (QED) is 0.414. The highest BCUT2D eigenvalue weighted by atomic mass is 16.2. The van der Waals surface area contributed by atoms with Gasteiger partial charge in [0.1, 0.15) is 0 Å². The Kier molecular flexibility index (Phi) is 10.1. The summed E-state index contributed by atoms with van der Waals surface area (Å²) in [6.45, 7) is 6.11. The van der Waals surface area contributed by atoms with Crippen molar-refractivity contribution in [1.82, 2.24) is 16.0 Å². The molecule has 0 fully saturated rings. The number of ketones is 1. The standard InChI is InChI=1S/C20H32N4O3/c1-4-18(25)16(11-8-12-22-20(21)27)24-19(26)17(23-14(2)3)13-15-9-6-5-7-10-15/h5-7,9-10,14,16-17,23H,4,8,11-13H2,1-3H3,(H,24,26)(H3,21,22,27). The molecule has 0 aliphatic rings. The summed E-state index contributed by atoms with van der Waals surface area (Å²) >= 11 is 0. The van der Waals surface area contributed by atoms with Crippen LogP contribution in [0, 0.1) is 0 Å². The molecular weight excluding hydrogens is 344 g/mol. The number of Topliss-reactive ketones (excluding diaryl/α,β-unsaturated/α-hetero) is 1. The van der Waals surface area contributed by atoms with E-state index in [0.717, 1.165) is 5.56 Å². The SMILES string of the molecule is CCC(=O)C(CCCNC(N)=O)NC(=O)C(Cc1ccccc1)NC(C)C. The Balaban J connectivity index is 2.74. The van der Waals surface area contributed by atoms with Crippen molar-refractivity contribution in [2.75, 3.05) is 6.54 Å². The summed E-state index contributed by atoms with van der Waals surface area (Å²) in [4.78, 5) is 35.8. The molecule has 7 heteroatoms. The van der Waals surface area contributed by atoms with Gasteiger partial charge in [0.25, 0.3) is 0 Å². The lowest BCUT2D eigenvalue weighted by molar-refractivity contribution is -0.129. The van der Waals surface area contributed by atoms with Gasteiger partial charge in [-0.3, -0.25) is 9.59 Å². The van der Waals surface area contributed by atoms with Crippen molar-refractivity contribution in [2.45, 2.75) is 64.6 Å². The predicted octanol–water partition coefficient (Wildman–Crippen LogP) is 1.51. The molecule has 2 unspecified atom stereocenters. The number of hydrogen-bond donors (Lipinski definition) is 4. The number of urea groups is 1. The van der Waals surface area contributed by atoms with Crippen LogP contribution >= 0.6 is 0 Å². The van der Waals surface area contributed by atoms with Gasteiger partial charge in [-0.2, -0.15) is 0 Å². The normalized spacial score (nSPS) is 13.0. The average Bonchev–Trinajstić information content (AvgIpc) is 2.63. The molecule has 0 aliphatic heterocycles. The second-order valence-corrected chi connectivity index (χ2v) is 6.88. The van der Waals surface area contributed by atoms with E-state index in [4.69, 9.17) is 5.73 Å². The lowest BCUT2D eigenvalue weighted by Crippen LogP contribution is -2.52. The molecule has 0 saturated carbocycles. The Bertz CT molecular complexity index is 605.